The van der Waals surface area contributed by atoms with Crippen molar-refractivity contribution in [3.8, 4) is 0 Å². The summed E-state index contributed by atoms with van der Waals surface area (Å²) in [6.07, 6.45) is 6.27. The first kappa shape index (κ1) is 9.60. The molecule has 10 heavy (non-hydrogen) atoms. The van der Waals surface area contributed by atoms with Gasteiger partial charge in [0.15, 0.2) is 0 Å². The lowest BCUT2D eigenvalue weighted by atomic mass is 9.96. The third-order valence-corrected chi connectivity index (χ3v) is 1.82. The van der Waals surface area contributed by atoms with Crippen molar-refractivity contribution < 1.29 is 0 Å². The molecule has 1 fully saturated rings. The van der Waals surface area contributed by atoms with E-state index in [1.165, 1.54) is 32.1 Å². The van der Waals surface area contributed by atoms with E-state index in [2.05, 4.69) is 11.0 Å². The maximum Gasteiger partial charge on any atom is 0.0864 e. The Morgan fingerprint density at radius 1 is 1.20 bits per heavy atom. The van der Waals surface area contributed by atoms with Crippen molar-refractivity contribution in [1.82, 2.24) is 0 Å². The summed E-state index contributed by atoms with van der Waals surface area (Å²) in [6, 6.07) is 2.54. The van der Waals surface area contributed by atoms with Gasteiger partial charge < -0.3 is 0 Å². The molecule has 0 unspecified atom stereocenters. The summed E-state index contributed by atoms with van der Waals surface area (Å²) in [5, 5.41) is 6.62. The van der Waals surface area contributed by atoms with Gasteiger partial charge >= 0.3 is 0 Å². The second-order valence-electron chi connectivity index (χ2n) is 2.53. The van der Waals surface area contributed by atoms with E-state index in [0.717, 1.165) is 0 Å². The molecule has 3 heteroatoms. The van der Waals surface area contributed by atoms with Crippen molar-refractivity contribution in [3.63, 3.8) is 0 Å². The van der Waals surface area contributed by atoms with Crippen LogP contribution < -0.4 is 0 Å². The maximum atomic E-state index is 6.62. The highest BCUT2D eigenvalue weighted by Crippen LogP contribution is 2.19. The van der Waals surface area contributed by atoms with Crippen LogP contribution in [-0.4, -0.2) is 23.0 Å². The summed E-state index contributed by atoms with van der Waals surface area (Å²) in [7, 11) is 0. The molecule has 0 aromatic carbocycles. The molecule has 58 valence electrons. The van der Waals surface area contributed by atoms with Gasteiger partial charge in [0, 0.05) is 0 Å². The zero-order valence-corrected chi connectivity index (χ0v) is 5.56. The van der Waals surface area contributed by atoms with Crippen LogP contribution in [0.1, 0.15) is 32.1 Å². The molecule has 1 saturated carbocycles. The normalized spacial score (nSPS) is 18.8. The predicted octanol–water partition coefficient (Wildman–Crippen LogP) is 0.620. The summed E-state index contributed by atoms with van der Waals surface area (Å²) in [5.41, 5.74) is 0. The van der Waals surface area contributed by atoms with Gasteiger partial charge in [0.1, 0.15) is 0 Å². The Kier molecular flexibility index (Phi) is 5.17. The molecule has 0 aromatic rings. The summed E-state index contributed by atoms with van der Waals surface area (Å²) in [4.78, 5) is 3.90. The fraction of sp³-hybridized carbons (Fsp3) is 0.857. The number of hydrogen-bond acceptors (Lipinski definition) is 2. The lowest BCUT2D eigenvalue weighted by Gasteiger charge is -2.15. The summed E-state index contributed by atoms with van der Waals surface area (Å²) in [6.45, 7) is 0. The molecule has 0 aliphatic heterocycles. The summed E-state index contributed by atoms with van der Waals surface area (Å²) >= 11 is 0. The molecule has 1 aliphatic carbocycles. The third-order valence-electron chi connectivity index (χ3n) is 1.82. The molecule has 2 nitrogen and oxygen atoms in total. The summed E-state index contributed by atoms with van der Waals surface area (Å²) in [5.74, 6) is 0. The van der Waals surface area contributed by atoms with Crippen molar-refractivity contribution in [2.75, 3.05) is 0 Å². The molecule has 1 aliphatic rings. The molecular weight excluding hydrogens is 140 g/mol. The van der Waals surface area contributed by atoms with E-state index < -0.39 is 0 Å². The average molecular weight is 156 g/mol. The first-order valence-corrected chi connectivity index (χ1v) is 3.55. The molecular formula is C7H16N2Si. The number of nitrogens with zero attached hydrogens (tertiary/aromatic N) is 1. The van der Waals surface area contributed by atoms with Crippen LogP contribution in [-0.2, 0) is 0 Å². The van der Waals surface area contributed by atoms with Crippen LogP contribution in [0, 0.1) is 5.41 Å². The number of aliphatic imine (C=N–C) groups is 1. The Hall–Kier alpha value is -0.403. The molecule has 1 rings (SSSR count). The number of nitrogens with one attached hydrogen (secondary N) is 1. The Bertz CT molecular complexity index is 124. The zero-order valence-electron chi connectivity index (χ0n) is 5.56. The molecule has 0 amide bonds. The second-order valence-corrected chi connectivity index (χ2v) is 2.53. The van der Waals surface area contributed by atoms with E-state index in [-0.39, 0.29) is 11.0 Å². The monoisotopic (exact) mass is 156 g/mol. The van der Waals surface area contributed by atoms with Crippen molar-refractivity contribution in [1.29, 1.82) is 5.41 Å². The molecule has 0 heterocycles. The third kappa shape index (κ3) is 2.94. The van der Waals surface area contributed by atoms with Crippen LogP contribution in [0.3, 0.4) is 0 Å². The minimum Gasteiger partial charge on any atom is -0.242 e. The first-order valence-electron chi connectivity index (χ1n) is 3.55. The number of rotatable bonds is 1. The van der Waals surface area contributed by atoms with Gasteiger partial charge in [-0.3, -0.25) is 0 Å². The van der Waals surface area contributed by atoms with E-state index in [1.807, 2.05) is 0 Å². The fourth-order valence-electron chi connectivity index (χ4n) is 1.30. The van der Waals surface area contributed by atoms with Gasteiger partial charge in [-0.15, -0.1) is 0 Å². The van der Waals surface area contributed by atoms with Gasteiger partial charge in [0.2, 0.25) is 0 Å². The maximum absolute atomic E-state index is 6.62. The Balaban J connectivity index is 0.000000810. The van der Waals surface area contributed by atoms with Crippen molar-refractivity contribution in [2.24, 2.45) is 4.99 Å². The molecule has 1 N–H and O–H groups in total. The summed E-state index contributed by atoms with van der Waals surface area (Å²) < 4.78 is 0. The van der Waals surface area contributed by atoms with Crippen LogP contribution in [0.25, 0.3) is 0 Å². The molecule has 0 bridgehead atoms. The van der Waals surface area contributed by atoms with E-state index >= 15 is 0 Å². The van der Waals surface area contributed by atoms with Crippen LogP contribution in [0.4, 0.5) is 0 Å². The van der Waals surface area contributed by atoms with Crippen LogP contribution >= 0.6 is 0 Å². The molecule has 0 radical (unpaired) electrons. The molecule has 0 aromatic heterocycles. The van der Waals surface area contributed by atoms with Gasteiger partial charge in [-0.25, -0.2) is 10.4 Å². The van der Waals surface area contributed by atoms with Crippen LogP contribution in [0.5, 0.6) is 0 Å². The van der Waals surface area contributed by atoms with Crippen LogP contribution in [0.2, 0.25) is 0 Å². The van der Waals surface area contributed by atoms with Gasteiger partial charge in [0.25, 0.3) is 0 Å². The van der Waals surface area contributed by atoms with E-state index in [1.54, 1.807) is 0 Å². The highest BCUT2D eigenvalue weighted by Gasteiger charge is 2.10. The highest BCUT2D eigenvalue weighted by atomic mass is 28.1. The fourth-order valence-corrected chi connectivity index (χ4v) is 1.30. The lowest BCUT2D eigenvalue weighted by Crippen LogP contribution is -2.08. The molecule has 0 atom stereocenters. The molecule has 0 spiro atoms. The lowest BCUT2D eigenvalue weighted by molar-refractivity contribution is 0.444. The standard InChI is InChI=1S/C7H12N2.H4Si/c8-6-9-7-4-2-1-3-5-7;/h7-8H,1-5H2;1H4. The largest absolute Gasteiger partial charge is 0.242 e. The van der Waals surface area contributed by atoms with E-state index in [0.29, 0.717) is 6.04 Å². The van der Waals surface area contributed by atoms with Crippen molar-refractivity contribution in [3.05, 3.63) is 0 Å². The quantitative estimate of drug-likeness (QED) is 0.427. The van der Waals surface area contributed by atoms with E-state index in [9.17, 15) is 0 Å². The first-order chi connectivity index (χ1) is 4.43. The van der Waals surface area contributed by atoms with Gasteiger partial charge in [-0.1, -0.05) is 19.3 Å². The van der Waals surface area contributed by atoms with Crippen molar-refractivity contribution in [2.45, 2.75) is 38.1 Å². The van der Waals surface area contributed by atoms with Gasteiger partial charge in [-0.2, -0.15) is 0 Å². The minimum absolute atomic E-state index is 0. The Morgan fingerprint density at radius 2 is 1.80 bits per heavy atom. The number of hydrogen-bond donors (Lipinski definition) is 1. The van der Waals surface area contributed by atoms with Gasteiger partial charge in [0.05, 0.1) is 12.1 Å². The Morgan fingerprint density at radius 3 is 2.30 bits per heavy atom. The molecule has 0 saturated heterocycles. The van der Waals surface area contributed by atoms with E-state index in [4.69, 9.17) is 5.41 Å². The SMILES string of the molecule is N=C=NC1CCCCC1.[SiH4]. The minimum atomic E-state index is 0. The smallest absolute Gasteiger partial charge is 0.0864 e. The average Bonchev–Trinajstić information content (AvgIpc) is 1.91. The second kappa shape index (κ2) is 5.39. The highest BCUT2D eigenvalue weighted by molar-refractivity contribution is 5.75. The topological polar surface area (TPSA) is 36.2 Å². The zero-order chi connectivity index (χ0) is 6.53. The van der Waals surface area contributed by atoms with Crippen LogP contribution in [0.15, 0.2) is 4.99 Å². The Labute approximate surface area is 66.3 Å². The van der Waals surface area contributed by atoms with Gasteiger partial charge in [-0.05, 0) is 23.8 Å². The predicted molar refractivity (Wildman–Crippen MR) is 48.4 cm³/mol. The van der Waals surface area contributed by atoms with Crippen molar-refractivity contribution >= 4 is 17.0 Å².